The van der Waals surface area contributed by atoms with Crippen molar-refractivity contribution in [2.75, 3.05) is 0 Å². The molecule has 0 aliphatic rings. The second-order valence-corrected chi connectivity index (χ2v) is 6.94. The molecule has 0 unspecified atom stereocenters. The molecule has 0 N–H and O–H groups in total. The Morgan fingerprint density at radius 1 is 1.08 bits per heavy atom. The number of Topliss-reactive ketones (excluding diaryl/α,β-unsaturated/α-hetero) is 1. The summed E-state index contributed by atoms with van der Waals surface area (Å²) in [5.74, 6) is 0.167. The van der Waals surface area contributed by atoms with E-state index in [4.69, 9.17) is 4.18 Å². The molecule has 2 rings (SSSR count). The molecular formula is C17H19NO6S. The van der Waals surface area contributed by atoms with Crippen LogP contribution in [0.25, 0.3) is 0 Å². The van der Waals surface area contributed by atoms with Crippen LogP contribution in [0.15, 0.2) is 53.4 Å². The van der Waals surface area contributed by atoms with Crippen molar-refractivity contribution in [3.63, 3.8) is 0 Å². The third-order valence-electron chi connectivity index (χ3n) is 2.87. The van der Waals surface area contributed by atoms with E-state index in [0.29, 0.717) is 0 Å². The fourth-order valence-corrected chi connectivity index (χ4v) is 2.61. The zero-order chi connectivity index (χ0) is 19.0. The highest BCUT2D eigenvalue weighted by Crippen LogP contribution is 2.21. The van der Waals surface area contributed by atoms with Gasteiger partial charge in [0.25, 0.3) is 15.8 Å². The summed E-state index contributed by atoms with van der Waals surface area (Å²) >= 11 is 0. The van der Waals surface area contributed by atoms with Gasteiger partial charge in [0.05, 0.1) is 22.0 Å². The molecule has 0 saturated heterocycles. The topological polar surface area (TPSA) is 104 Å². The van der Waals surface area contributed by atoms with Gasteiger partial charge in [0.1, 0.15) is 5.78 Å². The van der Waals surface area contributed by atoms with Gasteiger partial charge in [-0.3, -0.25) is 14.3 Å². The van der Waals surface area contributed by atoms with Crippen molar-refractivity contribution < 1.29 is 22.3 Å². The monoisotopic (exact) mass is 365 g/mol. The van der Waals surface area contributed by atoms with Crippen LogP contribution in [0.1, 0.15) is 25.0 Å². The highest BCUT2D eigenvalue weighted by Gasteiger charge is 2.18. The number of ketones is 1. The van der Waals surface area contributed by atoms with Gasteiger partial charge in [-0.1, -0.05) is 29.8 Å². The number of aryl methyl sites for hydroxylation is 1. The lowest BCUT2D eigenvalue weighted by Gasteiger charge is -2.06. The molecule has 2 aromatic rings. The number of carbonyl (C=O) groups excluding carboxylic acids is 1. The number of benzene rings is 2. The summed E-state index contributed by atoms with van der Waals surface area (Å²) in [6, 6.07) is 12.0. The number of carbonyl (C=O) groups is 1. The van der Waals surface area contributed by atoms with Crippen LogP contribution in [0, 0.1) is 17.0 Å². The molecule has 0 saturated carbocycles. The summed E-state index contributed by atoms with van der Waals surface area (Å²) in [5.41, 5.74) is 0.961. The third-order valence-corrected chi connectivity index (χ3v) is 4.15. The lowest BCUT2D eigenvalue weighted by Crippen LogP contribution is -2.07. The Kier molecular flexibility index (Phi) is 7.41. The number of nitrogens with zero attached hydrogens (tertiary/aromatic N) is 1. The molecule has 25 heavy (non-hydrogen) atoms. The Bertz CT molecular complexity index is 840. The minimum absolute atomic E-state index is 0.0201. The molecular weight excluding hydrogens is 346 g/mol. The standard InChI is InChI=1S/C14H13NO5S.C3H6O/c1-11-6-8-13(9-7-11)21(18,19)20-10-12-4-2-3-5-14(12)15(16)17;1-3(2)4/h2-9H,10H2,1H3;1-2H3. The molecule has 0 spiro atoms. The lowest BCUT2D eigenvalue weighted by atomic mass is 10.2. The van der Waals surface area contributed by atoms with Gasteiger partial charge in [-0.25, -0.2) is 0 Å². The first-order valence-electron chi connectivity index (χ1n) is 7.29. The van der Waals surface area contributed by atoms with Gasteiger partial charge < -0.3 is 4.79 Å². The summed E-state index contributed by atoms with van der Waals surface area (Å²) in [5, 5.41) is 10.9. The number of nitro groups is 1. The van der Waals surface area contributed by atoms with E-state index in [0.717, 1.165) is 5.56 Å². The lowest BCUT2D eigenvalue weighted by molar-refractivity contribution is -0.385. The van der Waals surface area contributed by atoms with E-state index in [-0.39, 0.29) is 28.5 Å². The molecule has 0 atom stereocenters. The van der Waals surface area contributed by atoms with E-state index in [2.05, 4.69) is 0 Å². The fraction of sp³-hybridized carbons (Fsp3) is 0.235. The fourth-order valence-electron chi connectivity index (χ4n) is 1.73. The van der Waals surface area contributed by atoms with Gasteiger partial charge in [-0.15, -0.1) is 0 Å². The van der Waals surface area contributed by atoms with Crippen LogP contribution in [0.2, 0.25) is 0 Å². The molecule has 8 heteroatoms. The zero-order valence-corrected chi connectivity index (χ0v) is 14.9. The smallest absolute Gasteiger partial charge is 0.297 e. The van der Waals surface area contributed by atoms with E-state index in [1.54, 1.807) is 18.2 Å². The summed E-state index contributed by atoms with van der Waals surface area (Å²) in [7, 11) is -3.94. The molecule has 0 aliphatic heterocycles. The molecule has 134 valence electrons. The predicted molar refractivity (Wildman–Crippen MR) is 92.6 cm³/mol. The highest BCUT2D eigenvalue weighted by molar-refractivity contribution is 7.86. The van der Waals surface area contributed by atoms with Crippen LogP contribution in [0.3, 0.4) is 0 Å². The quantitative estimate of drug-likeness (QED) is 0.457. The minimum Gasteiger partial charge on any atom is -0.300 e. The summed E-state index contributed by atoms with van der Waals surface area (Å²) in [6.07, 6.45) is 0. The first kappa shape index (κ1) is 20.5. The average Bonchev–Trinajstić information content (AvgIpc) is 2.53. The minimum atomic E-state index is -3.94. The van der Waals surface area contributed by atoms with E-state index in [9.17, 15) is 23.3 Å². The van der Waals surface area contributed by atoms with Crippen molar-refractivity contribution in [1.82, 2.24) is 0 Å². The van der Waals surface area contributed by atoms with Gasteiger partial charge in [0.2, 0.25) is 0 Å². The number of para-hydroxylation sites is 1. The zero-order valence-electron chi connectivity index (χ0n) is 14.1. The molecule has 2 aromatic carbocycles. The van der Waals surface area contributed by atoms with Gasteiger partial charge >= 0.3 is 0 Å². The molecule has 0 aromatic heterocycles. The van der Waals surface area contributed by atoms with Crippen LogP contribution < -0.4 is 0 Å². The van der Waals surface area contributed by atoms with E-state index >= 15 is 0 Å². The van der Waals surface area contributed by atoms with Crippen LogP contribution in [0.4, 0.5) is 5.69 Å². The number of rotatable bonds is 5. The van der Waals surface area contributed by atoms with Gasteiger partial charge in [-0.05, 0) is 39.0 Å². The van der Waals surface area contributed by atoms with Crippen LogP contribution in [-0.4, -0.2) is 19.1 Å². The SMILES string of the molecule is CC(C)=O.Cc1ccc(S(=O)(=O)OCc2ccccc2[N+](=O)[O-])cc1. The first-order valence-corrected chi connectivity index (χ1v) is 8.70. The number of hydrogen-bond acceptors (Lipinski definition) is 6. The normalized spacial score (nSPS) is 10.5. The Morgan fingerprint density at radius 3 is 2.12 bits per heavy atom. The van der Waals surface area contributed by atoms with Crippen LogP contribution in [0.5, 0.6) is 0 Å². The predicted octanol–water partition coefficient (Wildman–Crippen LogP) is 3.40. The van der Waals surface area contributed by atoms with Crippen molar-refractivity contribution >= 4 is 21.6 Å². The van der Waals surface area contributed by atoms with E-state index < -0.39 is 15.0 Å². The average molecular weight is 365 g/mol. The van der Waals surface area contributed by atoms with Gasteiger partial charge in [0.15, 0.2) is 0 Å². The van der Waals surface area contributed by atoms with Crippen molar-refractivity contribution in [2.45, 2.75) is 32.3 Å². The molecule has 0 aliphatic carbocycles. The Morgan fingerprint density at radius 2 is 1.60 bits per heavy atom. The van der Waals surface area contributed by atoms with Crippen molar-refractivity contribution in [3.8, 4) is 0 Å². The van der Waals surface area contributed by atoms with Crippen LogP contribution >= 0.6 is 0 Å². The number of nitro benzene ring substituents is 1. The van der Waals surface area contributed by atoms with Crippen molar-refractivity contribution in [3.05, 3.63) is 69.8 Å². The van der Waals surface area contributed by atoms with Crippen molar-refractivity contribution in [2.24, 2.45) is 0 Å². The molecule has 0 bridgehead atoms. The molecule has 0 amide bonds. The van der Waals surface area contributed by atoms with Crippen molar-refractivity contribution in [1.29, 1.82) is 0 Å². The van der Waals surface area contributed by atoms with E-state index in [1.807, 2.05) is 6.92 Å². The molecule has 7 nitrogen and oxygen atoms in total. The maximum atomic E-state index is 12.0. The third kappa shape index (κ3) is 6.82. The van der Waals surface area contributed by atoms with Crippen LogP contribution in [-0.2, 0) is 25.7 Å². The molecule has 0 fully saturated rings. The second-order valence-electron chi connectivity index (χ2n) is 5.32. The van der Waals surface area contributed by atoms with Gasteiger partial charge in [-0.2, -0.15) is 8.42 Å². The Hall–Kier alpha value is -2.58. The Labute approximate surface area is 146 Å². The van der Waals surface area contributed by atoms with E-state index in [1.165, 1.54) is 44.2 Å². The maximum Gasteiger partial charge on any atom is 0.297 e. The van der Waals surface area contributed by atoms with Gasteiger partial charge in [0, 0.05) is 6.07 Å². The highest BCUT2D eigenvalue weighted by atomic mass is 32.2. The largest absolute Gasteiger partial charge is 0.300 e. The summed E-state index contributed by atoms with van der Waals surface area (Å²) in [6.45, 7) is 4.51. The molecule has 0 heterocycles. The summed E-state index contributed by atoms with van der Waals surface area (Å²) < 4.78 is 28.9. The first-order chi connectivity index (χ1) is 11.6. The number of hydrogen-bond donors (Lipinski definition) is 0. The maximum absolute atomic E-state index is 12.0. The summed E-state index contributed by atoms with van der Waals surface area (Å²) in [4.78, 5) is 19.7. The second kappa shape index (κ2) is 9.05. The Balaban J connectivity index is 0.000000705. The molecule has 0 radical (unpaired) electrons.